The van der Waals surface area contributed by atoms with Gasteiger partial charge in [-0.1, -0.05) is 24.3 Å². The van der Waals surface area contributed by atoms with Crippen LogP contribution in [0.5, 0.6) is 11.5 Å². The molecule has 1 amide bonds. The molecule has 0 atom stereocenters. The average Bonchev–Trinajstić information content (AvgIpc) is 2.91. The minimum Gasteiger partial charge on any atom is -0.481 e. The van der Waals surface area contributed by atoms with E-state index in [2.05, 4.69) is 10.4 Å². The highest BCUT2D eigenvalue weighted by Crippen LogP contribution is 2.31. The van der Waals surface area contributed by atoms with Gasteiger partial charge in [-0.05, 0) is 26.0 Å². The minimum atomic E-state index is -1.06. The van der Waals surface area contributed by atoms with Crippen molar-refractivity contribution in [1.29, 1.82) is 0 Å². The van der Waals surface area contributed by atoms with Crippen molar-refractivity contribution in [3.8, 4) is 11.5 Å². The van der Waals surface area contributed by atoms with Gasteiger partial charge in [0.15, 0.2) is 19.0 Å². The third kappa shape index (κ3) is 4.06. The standard InChI is InChI=1S/C20H21N3O5/c1-12-20(13(2)23(3)22-12)28-10-18(24)21-16-8-9-17(27-11-19(25)26)15-7-5-4-6-14(15)16/h4-9H,10-11H2,1-3H3,(H,21,24)(H,25,26). The first-order chi connectivity index (χ1) is 13.4. The van der Waals surface area contributed by atoms with Gasteiger partial charge in [-0.3, -0.25) is 9.48 Å². The molecular weight excluding hydrogens is 362 g/mol. The van der Waals surface area contributed by atoms with Crippen LogP contribution in [0.2, 0.25) is 0 Å². The molecule has 0 saturated carbocycles. The van der Waals surface area contributed by atoms with Crippen LogP contribution in [0, 0.1) is 13.8 Å². The van der Waals surface area contributed by atoms with Crippen LogP contribution >= 0.6 is 0 Å². The summed E-state index contributed by atoms with van der Waals surface area (Å²) in [6, 6.07) is 10.6. The number of rotatable bonds is 7. The predicted molar refractivity (Wildman–Crippen MR) is 104 cm³/mol. The number of carbonyl (C=O) groups is 2. The summed E-state index contributed by atoms with van der Waals surface area (Å²) in [6.45, 7) is 3.10. The van der Waals surface area contributed by atoms with E-state index >= 15 is 0 Å². The van der Waals surface area contributed by atoms with Crippen LogP contribution in [0.1, 0.15) is 11.4 Å². The first-order valence-corrected chi connectivity index (χ1v) is 8.66. The molecule has 0 saturated heterocycles. The van der Waals surface area contributed by atoms with E-state index in [4.69, 9.17) is 14.6 Å². The zero-order valence-corrected chi connectivity index (χ0v) is 15.9. The number of nitrogens with zero attached hydrogens (tertiary/aromatic N) is 2. The van der Waals surface area contributed by atoms with E-state index in [-0.39, 0.29) is 12.5 Å². The van der Waals surface area contributed by atoms with E-state index in [1.54, 1.807) is 22.9 Å². The molecule has 3 rings (SSSR count). The highest BCUT2D eigenvalue weighted by atomic mass is 16.5. The Kier molecular flexibility index (Phi) is 5.49. The van der Waals surface area contributed by atoms with Crippen molar-refractivity contribution in [2.45, 2.75) is 13.8 Å². The number of fused-ring (bicyclic) bond motifs is 1. The van der Waals surface area contributed by atoms with Crippen LogP contribution in [-0.4, -0.2) is 40.0 Å². The van der Waals surface area contributed by atoms with Gasteiger partial charge in [0.2, 0.25) is 0 Å². The Balaban J connectivity index is 1.75. The number of carboxylic acid groups (broad SMARTS) is 1. The Morgan fingerprint density at radius 3 is 2.43 bits per heavy atom. The van der Waals surface area contributed by atoms with Crippen LogP contribution in [0.15, 0.2) is 36.4 Å². The number of hydrogen-bond acceptors (Lipinski definition) is 5. The summed E-state index contributed by atoms with van der Waals surface area (Å²) < 4.78 is 12.7. The molecule has 1 heterocycles. The van der Waals surface area contributed by atoms with Gasteiger partial charge < -0.3 is 19.9 Å². The SMILES string of the molecule is Cc1nn(C)c(C)c1OCC(=O)Nc1ccc(OCC(=O)O)c2ccccc12. The lowest BCUT2D eigenvalue weighted by Crippen LogP contribution is -2.20. The van der Waals surface area contributed by atoms with E-state index < -0.39 is 12.6 Å². The lowest BCUT2D eigenvalue weighted by Gasteiger charge is -2.13. The number of benzene rings is 2. The van der Waals surface area contributed by atoms with Crippen molar-refractivity contribution in [1.82, 2.24) is 9.78 Å². The van der Waals surface area contributed by atoms with Crippen molar-refractivity contribution in [2.75, 3.05) is 18.5 Å². The van der Waals surface area contributed by atoms with Crippen molar-refractivity contribution in [2.24, 2.45) is 7.05 Å². The number of aliphatic carboxylic acids is 1. The van der Waals surface area contributed by atoms with E-state index in [9.17, 15) is 9.59 Å². The zero-order valence-electron chi connectivity index (χ0n) is 15.9. The molecule has 2 aromatic carbocycles. The number of hydrogen-bond donors (Lipinski definition) is 2. The lowest BCUT2D eigenvalue weighted by molar-refractivity contribution is -0.139. The minimum absolute atomic E-state index is 0.154. The van der Waals surface area contributed by atoms with Crippen molar-refractivity contribution >= 4 is 28.3 Å². The van der Waals surface area contributed by atoms with E-state index in [1.165, 1.54) is 0 Å². The van der Waals surface area contributed by atoms with Crippen molar-refractivity contribution in [3.05, 3.63) is 47.8 Å². The molecule has 0 unspecified atom stereocenters. The van der Waals surface area contributed by atoms with Gasteiger partial charge in [-0.15, -0.1) is 0 Å². The Morgan fingerprint density at radius 2 is 1.79 bits per heavy atom. The summed E-state index contributed by atoms with van der Waals surface area (Å²) in [7, 11) is 1.81. The molecule has 0 fully saturated rings. The molecule has 3 aromatic rings. The maximum Gasteiger partial charge on any atom is 0.341 e. The smallest absolute Gasteiger partial charge is 0.341 e. The summed E-state index contributed by atoms with van der Waals surface area (Å²) in [5, 5.41) is 17.4. The Labute approximate surface area is 161 Å². The summed E-state index contributed by atoms with van der Waals surface area (Å²) in [4.78, 5) is 23.1. The first-order valence-electron chi connectivity index (χ1n) is 8.66. The number of anilines is 1. The maximum absolute atomic E-state index is 12.4. The number of ether oxygens (including phenoxy) is 2. The van der Waals surface area contributed by atoms with Gasteiger partial charge in [-0.2, -0.15) is 5.10 Å². The van der Waals surface area contributed by atoms with Gasteiger partial charge in [0, 0.05) is 23.5 Å². The zero-order chi connectivity index (χ0) is 20.3. The van der Waals surface area contributed by atoms with Crippen LogP contribution in [-0.2, 0) is 16.6 Å². The van der Waals surface area contributed by atoms with Gasteiger partial charge in [0.1, 0.15) is 11.4 Å². The average molecular weight is 383 g/mol. The summed E-state index contributed by atoms with van der Waals surface area (Å²) in [5.41, 5.74) is 2.15. The van der Waals surface area contributed by atoms with Crippen LogP contribution < -0.4 is 14.8 Å². The summed E-state index contributed by atoms with van der Waals surface area (Å²) in [5.74, 6) is -0.333. The summed E-state index contributed by atoms with van der Waals surface area (Å²) >= 11 is 0. The maximum atomic E-state index is 12.4. The van der Waals surface area contributed by atoms with Crippen LogP contribution in [0.4, 0.5) is 5.69 Å². The van der Waals surface area contributed by atoms with Crippen LogP contribution in [0.3, 0.4) is 0 Å². The number of carboxylic acids is 1. The number of carbonyl (C=O) groups excluding carboxylic acids is 1. The van der Waals surface area contributed by atoms with Crippen molar-refractivity contribution < 1.29 is 24.2 Å². The number of aryl methyl sites for hydroxylation is 2. The highest BCUT2D eigenvalue weighted by molar-refractivity contribution is 6.04. The number of nitrogens with one attached hydrogen (secondary N) is 1. The monoisotopic (exact) mass is 383 g/mol. The fourth-order valence-corrected chi connectivity index (χ4v) is 2.93. The molecule has 0 aliphatic heterocycles. The normalized spacial score (nSPS) is 10.7. The molecular formula is C20H21N3O5. The fourth-order valence-electron chi connectivity index (χ4n) is 2.93. The van der Waals surface area contributed by atoms with Crippen LogP contribution in [0.25, 0.3) is 10.8 Å². The second-order valence-corrected chi connectivity index (χ2v) is 6.30. The van der Waals surface area contributed by atoms with Gasteiger partial charge in [0.05, 0.1) is 5.69 Å². The molecule has 146 valence electrons. The second-order valence-electron chi connectivity index (χ2n) is 6.30. The molecule has 8 heteroatoms. The van der Waals surface area contributed by atoms with Gasteiger partial charge in [-0.25, -0.2) is 4.79 Å². The van der Waals surface area contributed by atoms with Gasteiger partial charge in [0.25, 0.3) is 5.91 Å². The van der Waals surface area contributed by atoms with E-state index in [1.807, 2.05) is 39.1 Å². The predicted octanol–water partition coefficient (Wildman–Crippen LogP) is 2.67. The Bertz CT molecular complexity index is 1040. The third-order valence-electron chi connectivity index (χ3n) is 4.30. The lowest BCUT2D eigenvalue weighted by atomic mass is 10.1. The Morgan fingerprint density at radius 1 is 1.07 bits per heavy atom. The Hall–Kier alpha value is -3.55. The quantitative estimate of drug-likeness (QED) is 0.650. The van der Waals surface area contributed by atoms with Gasteiger partial charge >= 0.3 is 5.97 Å². The molecule has 0 radical (unpaired) electrons. The second kappa shape index (κ2) is 7.99. The van der Waals surface area contributed by atoms with E-state index in [0.717, 1.165) is 16.8 Å². The molecule has 0 spiro atoms. The molecule has 2 N–H and O–H groups in total. The molecule has 28 heavy (non-hydrogen) atoms. The molecule has 0 aliphatic carbocycles. The number of aromatic nitrogens is 2. The first kappa shape index (κ1) is 19.2. The molecule has 0 bridgehead atoms. The third-order valence-corrected chi connectivity index (χ3v) is 4.30. The van der Waals surface area contributed by atoms with Crippen molar-refractivity contribution in [3.63, 3.8) is 0 Å². The number of amides is 1. The fraction of sp³-hybridized carbons (Fsp3) is 0.250. The molecule has 8 nitrogen and oxygen atoms in total. The van der Waals surface area contributed by atoms with E-state index in [0.29, 0.717) is 22.6 Å². The highest BCUT2D eigenvalue weighted by Gasteiger charge is 2.14. The largest absolute Gasteiger partial charge is 0.481 e. The topological polar surface area (TPSA) is 103 Å². The summed E-state index contributed by atoms with van der Waals surface area (Å²) in [6.07, 6.45) is 0. The molecule has 1 aromatic heterocycles. The molecule has 0 aliphatic rings.